The van der Waals surface area contributed by atoms with Gasteiger partial charge in [-0.2, -0.15) is 0 Å². The van der Waals surface area contributed by atoms with Gasteiger partial charge in [-0.3, -0.25) is 4.90 Å². The Bertz CT molecular complexity index is 388. The van der Waals surface area contributed by atoms with Crippen LogP contribution in [-0.2, 0) is 6.54 Å². The van der Waals surface area contributed by atoms with Crippen LogP contribution in [0.2, 0.25) is 0 Å². The van der Waals surface area contributed by atoms with E-state index in [-0.39, 0.29) is 0 Å². The first kappa shape index (κ1) is 14.1. The Morgan fingerprint density at radius 1 is 1.00 bits per heavy atom. The minimum Gasteiger partial charge on any atom is -0.311 e. The highest BCUT2D eigenvalue weighted by atomic mass is 15.2. The van der Waals surface area contributed by atoms with Crippen LogP contribution in [0.5, 0.6) is 0 Å². The zero-order valence-corrected chi connectivity index (χ0v) is 12.6. The minimum atomic E-state index is 0.899. The van der Waals surface area contributed by atoms with Crippen LogP contribution in [0.4, 0.5) is 0 Å². The SMILES string of the molecule is c1ccc(CNCCN2CCC[C@@H]3CCCC[C@H]32)cc1. The van der Waals surface area contributed by atoms with Crippen molar-refractivity contribution >= 4 is 0 Å². The van der Waals surface area contributed by atoms with Crippen LogP contribution in [0.15, 0.2) is 30.3 Å². The summed E-state index contributed by atoms with van der Waals surface area (Å²) in [6.45, 7) is 4.68. The van der Waals surface area contributed by atoms with Crippen molar-refractivity contribution in [2.45, 2.75) is 51.1 Å². The van der Waals surface area contributed by atoms with E-state index in [2.05, 4.69) is 40.5 Å². The van der Waals surface area contributed by atoms with Gasteiger partial charge in [0.1, 0.15) is 0 Å². The molecule has 2 atom stereocenters. The van der Waals surface area contributed by atoms with Crippen molar-refractivity contribution in [1.82, 2.24) is 10.2 Å². The van der Waals surface area contributed by atoms with E-state index < -0.39 is 0 Å². The zero-order valence-electron chi connectivity index (χ0n) is 12.6. The molecule has 1 aromatic carbocycles. The summed E-state index contributed by atoms with van der Waals surface area (Å²) in [5.74, 6) is 1.01. The lowest BCUT2D eigenvalue weighted by atomic mass is 9.78. The molecule has 0 spiro atoms. The normalized spacial score (nSPS) is 27.2. The van der Waals surface area contributed by atoms with Crippen LogP contribution in [0.3, 0.4) is 0 Å². The molecule has 1 saturated carbocycles. The molecule has 1 aromatic rings. The van der Waals surface area contributed by atoms with Crippen molar-refractivity contribution in [1.29, 1.82) is 0 Å². The molecule has 2 fully saturated rings. The highest BCUT2D eigenvalue weighted by Gasteiger charge is 2.32. The average Bonchev–Trinajstić information content (AvgIpc) is 2.53. The smallest absolute Gasteiger partial charge is 0.0206 e. The van der Waals surface area contributed by atoms with Gasteiger partial charge in [-0.05, 0) is 43.7 Å². The maximum absolute atomic E-state index is 3.60. The van der Waals surface area contributed by atoms with E-state index in [1.54, 1.807) is 0 Å². The first-order valence-electron chi connectivity index (χ1n) is 8.42. The molecule has 110 valence electrons. The summed E-state index contributed by atoms with van der Waals surface area (Å²) >= 11 is 0. The first-order valence-corrected chi connectivity index (χ1v) is 8.42. The van der Waals surface area contributed by atoms with Crippen molar-refractivity contribution in [3.05, 3.63) is 35.9 Å². The Labute approximate surface area is 123 Å². The van der Waals surface area contributed by atoms with Crippen LogP contribution in [0.25, 0.3) is 0 Å². The van der Waals surface area contributed by atoms with Gasteiger partial charge in [0.15, 0.2) is 0 Å². The van der Waals surface area contributed by atoms with Crippen molar-refractivity contribution in [3.63, 3.8) is 0 Å². The summed E-state index contributed by atoms with van der Waals surface area (Å²) in [5.41, 5.74) is 1.39. The molecule has 0 amide bonds. The third-order valence-electron chi connectivity index (χ3n) is 5.11. The maximum Gasteiger partial charge on any atom is 0.0206 e. The van der Waals surface area contributed by atoms with Crippen molar-refractivity contribution in [3.8, 4) is 0 Å². The van der Waals surface area contributed by atoms with Crippen molar-refractivity contribution < 1.29 is 0 Å². The summed E-state index contributed by atoms with van der Waals surface area (Å²) in [6, 6.07) is 11.6. The second-order valence-electron chi connectivity index (χ2n) is 6.45. The minimum absolute atomic E-state index is 0.899. The molecule has 1 saturated heterocycles. The molecule has 0 bridgehead atoms. The number of nitrogens with zero attached hydrogens (tertiary/aromatic N) is 1. The van der Waals surface area contributed by atoms with Gasteiger partial charge in [0.2, 0.25) is 0 Å². The number of benzene rings is 1. The monoisotopic (exact) mass is 272 g/mol. The molecule has 2 nitrogen and oxygen atoms in total. The van der Waals surface area contributed by atoms with E-state index >= 15 is 0 Å². The van der Waals surface area contributed by atoms with Crippen molar-refractivity contribution in [2.75, 3.05) is 19.6 Å². The topological polar surface area (TPSA) is 15.3 Å². The third-order valence-corrected chi connectivity index (χ3v) is 5.11. The fourth-order valence-electron chi connectivity index (χ4n) is 4.06. The fourth-order valence-corrected chi connectivity index (χ4v) is 4.06. The Kier molecular flexibility index (Phi) is 5.10. The molecule has 1 heterocycles. The van der Waals surface area contributed by atoms with Gasteiger partial charge in [0.05, 0.1) is 0 Å². The number of nitrogens with one attached hydrogen (secondary N) is 1. The van der Waals surface area contributed by atoms with Crippen LogP contribution < -0.4 is 5.32 Å². The van der Waals surface area contributed by atoms with E-state index in [1.165, 1.54) is 57.2 Å². The molecule has 20 heavy (non-hydrogen) atoms. The van der Waals surface area contributed by atoms with E-state index in [0.29, 0.717) is 0 Å². The molecular formula is C18H28N2. The Morgan fingerprint density at radius 3 is 2.70 bits per heavy atom. The lowest BCUT2D eigenvalue weighted by Crippen LogP contribution is -2.48. The Morgan fingerprint density at radius 2 is 1.80 bits per heavy atom. The number of rotatable bonds is 5. The summed E-state index contributed by atoms with van der Waals surface area (Å²) in [7, 11) is 0. The quantitative estimate of drug-likeness (QED) is 0.826. The molecular weight excluding hydrogens is 244 g/mol. The van der Waals surface area contributed by atoms with Gasteiger partial charge in [-0.25, -0.2) is 0 Å². The maximum atomic E-state index is 3.60. The standard InChI is InChI=1S/C18H28N2/c1-2-7-16(8-3-1)15-19-12-14-20-13-6-10-17-9-4-5-11-18(17)20/h1-3,7-8,17-19H,4-6,9-15H2/t17-,18+/m0/s1. The van der Waals surface area contributed by atoms with Gasteiger partial charge >= 0.3 is 0 Å². The predicted octanol–water partition coefficient (Wildman–Crippen LogP) is 3.43. The van der Waals surface area contributed by atoms with Crippen LogP contribution in [0.1, 0.15) is 44.1 Å². The largest absolute Gasteiger partial charge is 0.311 e. The summed E-state index contributed by atoms with van der Waals surface area (Å²) in [4.78, 5) is 2.77. The van der Waals surface area contributed by atoms with Gasteiger partial charge in [-0.1, -0.05) is 43.2 Å². The number of piperidine rings is 1. The zero-order chi connectivity index (χ0) is 13.6. The van der Waals surface area contributed by atoms with E-state index in [4.69, 9.17) is 0 Å². The second-order valence-corrected chi connectivity index (χ2v) is 6.45. The van der Waals surface area contributed by atoms with E-state index in [1.807, 2.05) is 0 Å². The lowest BCUT2D eigenvalue weighted by molar-refractivity contribution is 0.0618. The lowest BCUT2D eigenvalue weighted by Gasteiger charge is -2.44. The fraction of sp³-hybridized carbons (Fsp3) is 0.667. The molecule has 0 aromatic heterocycles. The molecule has 2 heteroatoms. The van der Waals surface area contributed by atoms with Crippen molar-refractivity contribution in [2.24, 2.45) is 5.92 Å². The Hall–Kier alpha value is -0.860. The van der Waals surface area contributed by atoms with Crippen LogP contribution in [-0.4, -0.2) is 30.6 Å². The van der Waals surface area contributed by atoms with E-state index in [0.717, 1.165) is 25.0 Å². The number of fused-ring (bicyclic) bond motifs is 1. The molecule has 0 radical (unpaired) electrons. The summed E-state index contributed by atoms with van der Waals surface area (Å²) in [5, 5.41) is 3.60. The van der Waals surface area contributed by atoms with E-state index in [9.17, 15) is 0 Å². The Balaban J connectivity index is 1.41. The van der Waals surface area contributed by atoms with Gasteiger partial charge in [0.25, 0.3) is 0 Å². The van der Waals surface area contributed by atoms with Crippen LogP contribution >= 0.6 is 0 Å². The molecule has 1 N–H and O–H groups in total. The highest BCUT2D eigenvalue weighted by molar-refractivity contribution is 5.14. The third kappa shape index (κ3) is 3.62. The number of hydrogen-bond donors (Lipinski definition) is 1. The summed E-state index contributed by atoms with van der Waals surface area (Å²) in [6.07, 6.45) is 8.76. The molecule has 1 aliphatic heterocycles. The predicted molar refractivity (Wildman–Crippen MR) is 84.7 cm³/mol. The molecule has 2 aliphatic rings. The van der Waals surface area contributed by atoms with Gasteiger partial charge in [0, 0.05) is 25.7 Å². The second kappa shape index (κ2) is 7.24. The highest BCUT2D eigenvalue weighted by Crippen LogP contribution is 2.34. The number of hydrogen-bond acceptors (Lipinski definition) is 2. The molecule has 0 unspecified atom stereocenters. The van der Waals surface area contributed by atoms with Crippen LogP contribution in [0, 0.1) is 5.92 Å². The average molecular weight is 272 g/mol. The molecule has 1 aliphatic carbocycles. The van der Waals surface area contributed by atoms with Gasteiger partial charge < -0.3 is 5.32 Å². The first-order chi connectivity index (χ1) is 9.93. The van der Waals surface area contributed by atoms with Gasteiger partial charge in [-0.15, -0.1) is 0 Å². The molecule has 3 rings (SSSR count). The number of likely N-dealkylation sites (tertiary alicyclic amines) is 1. The summed E-state index contributed by atoms with van der Waals surface area (Å²) < 4.78 is 0.